The predicted octanol–water partition coefficient (Wildman–Crippen LogP) is 4.17. The third-order valence-electron chi connectivity index (χ3n) is 5.35. The number of Topliss-reactive ketones (excluding diaryl/α,β-unsaturated/α-hetero) is 1. The van der Waals surface area contributed by atoms with Crippen molar-refractivity contribution in [3.05, 3.63) is 80.7 Å². The molecule has 0 fully saturated rings. The summed E-state index contributed by atoms with van der Waals surface area (Å²) in [4.78, 5) is 23.4. The Morgan fingerprint density at radius 2 is 2.03 bits per heavy atom. The molecule has 2 aromatic carbocycles. The number of benzene rings is 2. The number of methoxy groups -OCH3 is 1. The van der Waals surface area contributed by atoms with E-state index >= 15 is 0 Å². The van der Waals surface area contributed by atoms with E-state index in [0.717, 1.165) is 11.1 Å². The van der Waals surface area contributed by atoms with Crippen molar-refractivity contribution in [1.29, 1.82) is 0 Å². The van der Waals surface area contributed by atoms with Crippen LogP contribution in [0, 0.1) is 24.0 Å². The summed E-state index contributed by atoms with van der Waals surface area (Å²) in [6.45, 7) is 3.59. The molecule has 0 N–H and O–H groups in total. The van der Waals surface area contributed by atoms with Crippen LogP contribution < -0.4 is 9.47 Å². The van der Waals surface area contributed by atoms with Crippen LogP contribution in [0.15, 0.2) is 42.5 Å². The zero-order valence-electron chi connectivity index (χ0n) is 16.9. The number of hydrogen-bond donors (Lipinski definition) is 0. The van der Waals surface area contributed by atoms with Crippen LogP contribution in [-0.4, -0.2) is 27.6 Å². The topological polar surface area (TPSA) is 96.5 Å². The summed E-state index contributed by atoms with van der Waals surface area (Å²) in [6, 6.07) is 12.8. The summed E-state index contributed by atoms with van der Waals surface area (Å²) in [5.41, 5.74) is 3.09. The standard InChI is InChI=1S/C22H21N3O5/c1-13-22(25(27)28)14(2)24(23-13)12-16-10-15(8-9-19(16)29-3)21-11-18(26)17-6-4-5-7-20(17)30-21/h4-10,21H,11-12H2,1-3H3. The molecular weight excluding hydrogens is 386 g/mol. The molecule has 4 rings (SSSR count). The number of nitro groups is 1. The van der Waals surface area contributed by atoms with Crippen molar-refractivity contribution in [1.82, 2.24) is 9.78 Å². The van der Waals surface area contributed by atoms with Gasteiger partial charge >= 0.3 is 5.69 Å². The molecular formula is C22H21N3O5. The molecule has 0 saturated heterocycles. The van der Waals surface area contributed by atoms with Crippen LogP contribution in [0.5, 0.6) is 11.5 Å². The van der Waals surface area contributed by atoms with Gasteiger partial charge in [0.2, 0.25) is 0 Å². The predicted molar refractivity (Wildman–Crippen MR) is 109 cm³/mol. The van der Waals surface area contributed by atoms with Crippen molar-refractivity contribution in [2.75, 3.05) is 7.11 Å². The van der Waals surface area contributed by atoms with Gasteiger partial charge in [-0.15, -0.1) is 0 Å². The van der Waals surface area contributed by atoms with Crippen LogP contribution in [0.1, 0.15) is 45.4 Å². The molecule has 0 spiro atoms. The molecule has 154 valence electrons. The van der Waals surface area contributed by atoms with Crippen molar-refractivity contribution in [3.8, 4) is 11.5 Å². The molecule has 3 aromatic rings. The number of carbonyl (C=O) groups excluding carboxylic acids is 1. The van der Waals surface area contributed by atoms with Gasteiger partial charge in [0.25, 0.3) is 0 Å². The lowest BCUT2D eigenvalue weighted by Gasteiger charge is -2.26. The number of nitrogens with zero attached hydrogens (tertiary/aromatic N) is 3. The van der Waals surface area contributed by atoms with E-state index in [2.05, 4.69) is 5.10 Å². The van der Waals surface area contributed by atoms with E-state index < -0.39 is 11.0 Å². The highest BCUT2D eigenvalue weighted by molar-refractivity contribution is 5.99. The number of ketones is 1. The van der Waals surface area contributed by atoms with Gasteiger partial charge in [0.05, 0.1) is 30.6 Å². The first-order chi connectivity index (χ1) is 14.4. The Balaban J connectivity index is 1.68. The van der Waals surface area contributed by atoms with Crippen LogP contribution in [0.3, 0.4) is 0 Å². The monoisotopic (exact) mass is 407 g/mol. The summed E-state index contributed by atoms with van der Waals surface area (Å²) in [7, 11) is 1.57. The Morgan fingerprint density at radius 1 is 1.27 bits per heavy atom. The summed E-state index contributed by atoms with van der Waals surface area (Å²) in [6.07, 6.45) is -0.166. The number of aryl methyl sites for hydroxylation is 1. The molecule has 2 heterocycles. The van der Waals surface area contributed by atoms with Crippen LogP contribution >= 0.6 is 0 Å². The molecule has 1 aliphatic rings. The minimum Gasteiger partial charge on any atom is -0.496 e. The zero-order valence-corrected chi connectivity index (χ0v) is 16.9. The number of hydrogen-bond acceptors (Lipinski definition) is 6. The van der Waals surface area contributed by atoms with Gasteiger partial charge in [0.15, 0.2) is 5.78 Å². The summed E-state index contributed by atoms with van der Waals surface area (Å²) in [5, 5.41) is 15.6. The molecule has 0 amide bonds. The number of para-hydroxylation sites is 1. The molecule has 0 radical (unpaired) electrons. The zero-order chi connectivity index (χ0) is 21.4. The molecule has 0 saturated carbocycles. The Morgan fingerprint density at radius 3 is 2.73 bits per heavy atom. The molecule has 30 heavy (non-hydrogen) atoms. The smallest absolute Gasteiger partial charge is 0.312 e. The maximum Gasteiger partial charge on any atom is 0.312 e. The van der Waals surface area contributed by atoms with Gasteiger partial charge in [0, 0.05) is 5.56 Å². The minimum absolute atomic E-state index is 0.0166. The maximum absolute atomic E-state index is 12.5. The number of aromatic nitrogens is 2. The van der Waals surface area contributed by atoms with E-state index in [1.165, 1.54) is 0 Å². The van der Waals surface area contributed by atoms with E-state index in [1.54, 1.807) is 37.8 Å². The summed E-state index contributed by atoms with van der Waals surface area (Å²) < 4.78 is 13.1. The summed E-state index contributed by atoms with van der Waals surface area (Å²) >= 11 is 0. The fraction of sp³-hybridized carbons (Fsp3) is 0.273. The number of ether oxygens (including phenoxy) is 2. The van der Waals surface area contributed by atoms with Crippen LogP contribution in [0.2, 0.25) is 0 Å². The molecule has 1 atom stereocenters. The first-order valence-corrected chi connectivity index (χ1v) is 9.53. The second-order valence-electron chi connectivity index (χ2n) is 7.24. The van der Waals surface area contributed by atoms with E-state index in [-0.39, 0.29) is 17.9 Å². The second kappa shape index (κ2) is 7.62. The SMILES string of the molecule is COc1ccc(C2CC(=O)c3ccccc3O2)cc1Cn1nc(C)c([N+](=O)[O-])c1C. The molecule has 8 heteroatoms. The van der Waals surface area contributed by atoms with Crippen LogP contribution in [-0.2, 0) is 6.54 Å². The Bertz CT molecular complexity index is 1150. The normalized spacial score (nSPS) is 15.4. The lowest BCUT2D eigenvalue weighted by molar-refractivity contribution is -0.386. The van der Waals surface area contributed by atoms with E-state index in [4.69, 9.17) is 9.47 Å². The van der Waals surface area contributed by atoms with E-state index in [1.807, 2.05) is 30.3 Å². The lowest BCUT2D eigenvalue weighted by atomic mass is 9.95. The fourth-order valence-corrected chi connectivity index (χ4v) is 3.85. The molecule has 1 aliphatic heterocycles. The average molecular weight is 407 g/mol. The van der Waals surface area contributed by atoms with E-state index in [9.17, 15) is 14.9 Å². The summed E-state index contributed by atoms with van der Waals surface area (Å²) in [5.74, 6) is 1.25. The first-order valence-electron chi connectivity index (χ1n) is 9.53. The number of rotatable bonds is 5. The van der Waals surface area contributed by atoms with Gasteiger partial charge in [-0.25, -0.2) is 0 Å². The highest BCUT2D eigenvalue weighted by atomic mass is 16.6. The van der Waals surface area contributed by atoms with Crippen molar-refractivity contribution >= 4 is 11.5 Å². The molecule has 0 bridgehead atoms. The Kier molecular flexibility index (Phi) is 4.99. The van der Waals surface area contributed by atoms with Gasteiger partial charge < -0.3 is 9.47 Å². The molecule has 1 aromatic heterocycles. The molecule has 0 aliphatic carbocycles. The number of carbonyl (C=O) groups is 1. The quantitative estimate of drug-likeness (QED) is 0.465. The van der Waals surface area contributed by atoms with Gasteiger partial charge in [-0.3, -0.25) is 19.6 Å². The average Bonchev–Trinajstić information content (AvgIpc) is 3.01. The van der Waals surface area contributed by atoms with E-state index in [0.29, 0.717) is 35.0 Å². The van der Waals surface area contributed by atoms with Crippen LogP contribution in [0.25, 0.3) is 0 Å². The molecule has 8 nitrogen and oxygen atoms in total. The third kappa shape index (κ3) is 3.41. The lowest BCUT2D eigenvalue weighted by Crippen LogP contribution is -2.20. The van der Waals surface area contributed by atoms with Gasteiger partial charge in [-0.1, -0.05) is 18.2 Å². The fourth-order valence-electron chi connectivity index (χ4n) is 3.85. The van der Waals surface area contributed by atoms with Crippen molar-refractivity contribution < 1.29 is 19.2 Å². The molecule has 1 unspecified atom stereocenters. The third-order valence-corrected chi connectivity index (χ3v) is 5.35. The van der Waals surface area contributed by atoms with Gasteiger partial charge in [0.1, 0.15) is 29.0 Å². The van der Waals surface area contributed by atoms with Crippen molar-refractivity contribution in [3.63, 3.8) is 0 Å². The highest BCUT2D eigenvalue weighted by Crippen LogP contribution is 2.36. The maximum atomic E-state index is 12.5. The second-order valence-corrected chi connectivity index (χ2v) is 7.24. The number of fused-ring (bicyclic) bond motifs is 1. The van der Waals surface area contributed by atoms with Crippen molar-refractivity contribution in [2.24, 2.45) is 0 Å². The first kappa shape index (κ1) is 19.6. The Labute approximate surface area is 173 Å². The minimum atomic E-state index is -0.416. The van der Waals surface area contributed by atoms with Gasteiger partial charge in [-0.05, 0) is 43.7 Å². The van der Waals surface area contributed by atoms with Crippen molar-refractivity contribution in [2.45, 2.75) is 32.9 Å². The van der Waals surface area contributed by atoms with Gasteiger partial charge in [-0.2, -0.15) is 5.10 Å². The highest BCUT2D eigenvalue weighted by Gasteiger charge is 2.28. The van der Waals surface area contributed by atoms with Crippen LogP contribution in [0.4, 0.5) is 5.69 Å². The largest absolute Gasteiger partial charge is 0.496 e. The Hall–Kier alpha value is -3.68.